The molecule has 0 aliphatic heterocycles. The first kappa shape index (κ1) is 15.3. The van der Waals surface area contributed by atoms with Crippen LogP contribution >= 0.6 is 22.9 Å². The van der Waals surface area contributed by atoms with Crippen LogP contribution in [0.25, 0.3) is 0 Å². The van der Waals surface area contributed by atoms with Crippen LogP contribution in [0.2, 0.25) is 5.02 Å². The highest BCUT2D eigenvalue weighted by Crippen LogP contribution is 2.28. The molecule has 1 aromatic carbocycles. The third-order valence-electron chi connectivity index (χ3n) is 2.92. The van der Waals surface area contributed by atoms with Crippen LogP contribution in [0.1, 0.15) is 49.0 Å². The molecule has 108 valence electrons. The van der Waals surface area contributed by atoms with Crippen molar-refractivity contribution in [3.05, 3.63) is 44.9 Å². The third kappa shape index (κ3) is 3.72. The number of nitrogens with zero attached hydrogens (tertiary/aromatic N) is 1. The highest BCUT2D eigenvalue weighted by atomic mass is 35.5. The van der Waals surface area contributed by atoms with Crippen LogP contribution < -0.4 is 10.5 Å². The quantitative estimate of drug-likeness (QED) is 0.883. The Morgan fingerprint density at radius 3 is 2.65 bits per heavy atom. The smallest absolute Gasteiger partial charge is 0.138 e. The van der Waals surface area contributed by atoms with E-state index >= 15 is 0 Å². The van der Waals surface area contributed by atoms with Gasteiger partial charge in [-0.25, -0.2) is 4.98 Å². The molecule has 0 spiro atoms. The maximum absolute atomic E-state index is 6.20. The molecule has 5 heteroatoms. The van der Waals surface area contributed by atoms with E-state index in [0.29, 0.717) is 23.3 Å². The molecule has 0 aliphatic carbocycles. The molecule has 20 heavy (non-hydrogen) atoms. The summed E-state index contributed by atoms with van der Waals surface area (Å²) in [6.45, 7) is 6.62. The minimum absolute atomic E-state index is 0.0336. The fraction of sp³-hybridized carbons (Fsp3) is 0.400. The second-order valence-electron chi connectivity index (χ2n) is 5.10. The number of hydrogen-bond donors (Lipinski definition) is 1. The number of rotatable bonds is 5. The number of hydrogen-bond acceptors (Lipinski definition) is 4. The molecule has 0 bridgehead atoms. The van der Waals surface area contributed by atoms with Crippen molar-refractivity contribution in [2.75, 3.05) is 0 Å². The largest absolute Gasteiger partial charge is 0.486 e. The maximum Gasteiger partial charge on any atom is 0.138 e. The van der Waals surface area contributed by atoms with Gasteiger partial charge in [-0.2, -0.15) is 0 Å². The summed E-state index contributed by atoms with van der Waals surface area (Å²) in [5.41, 5.74) is 7.76. The van der Waals surface area contributed by atoms with Crippen LogP contribution in [0.4, 0.5) is 0 Å². The summed E-state index contributed by atoms with van der Waals surface area (Å²) in [6.07, 6.45) is 0. The van der Waals surface area contributed by atoms with E-state index in [1.54, 1.807) is 11.3 Å². The standard InChI is InChI=1S/C15H19ClN2OS/c1-9(2)15-18-12(8-20-15)7-19-14-5-4-11(10(3)17)6-13(14)16/h4-6,8-10H,7,17H2,1-3H3. The molecule has 2 aromatic rings. The summed E-state index contributed by atoms with van der Waals surface area (Å²) in [7, 11) is 0. The molecule has 0 saturated heterocycles. The van der Waals surface area contributed by atoms with Gasteiger partial charge in [-0.05, 0) is 24.6 Å². The zero-order valence-corrected chi connectivity index (χ0v) is 13.5. The van der Waals surface area contributed by atoms with Crippen molar-refractivity contribution in [1.29, 1.82) is 0 Å². The Bertz CT molecular complexity index is 581. The molecule has 0 saturated carbocycles. The lowest BCUT2D eigenvalue weighted by atomic mass is 10.1. The number of benzene rings is 1. The van der Waals surface area contributed by atoms with Crippen LogP contribution in [0.5, 0.6) is 5.75 Å². The summed E-state index contributed by atoms with van der Waals surface area (Å²) in [6, 6.07) is 5.61. The molecular formula is C15H19ClN2OS. The first-order chi connectivity index (χ1) is 9.47. The number of thiazole rings is 1. The number of aromatic nitrogens is 1. The van der Waals surface area contributed by atoms with Gasteiger partial charge in [0, 0.05) is 17.3 Å². The van der Waals surface area contributed by atoms with Crippen molar-refractivity contribution in [1.82, 2.24) is 4.98 Å². The minimum Gasteiger partial charge on any atom is -0.486 e. The average molecular weight is 311 g/mol. The van der Waals surface area contributed by atoms with E-state index in [-0.39, 0.29) is 6.04 Å². The number of ether oxygens (including phenoxy) is 1. The first-order valence-electron chi connectivity index (χ1n) is 6.59. The molecule has 0 radical (unpaired) electrons. The Kier molecular flexibility index (Phi) is 5.02. The maximum atomic E-state index is 6.20. The average Bonchev–Trinajstić information content (AvgIpc) is 2.86. The van der Waals surface area contributed by atoms with Crippen molar-refractivity contribution >= 4 is 22.9 Å². The lowest BCUT2D eigenvalue weighted by Crippen LogP contribution is -2.05. The van der Waals surface area contributed by atoms with E-state index in [0.717, 1.165) is 16.3 Å². The van der Waals surface area contributed by atoms with Gasteiger partial charge in [-0.1, -0.05) is 31.5 Å². The normalized spacial score (nSPS) is 12.7. The Morgan fingerprint density at radius 2 is 2.10 bits per heavy atom. The fourth-order valence-corrected chi connectivity index (χ4v) is 2.79. The van der Waals surface area contributed by atoms with Crippen molar-refractivity contribution < 1.29 is 4.74 Å². The lowest BCUT2D eigenvalue weighted by molar-refractivity contribution is 0.302. The fourth-order valence-electron chi connectivity index (χ4n) is 1.72. The summed E-state index contributed by atoms with van der Waals surface area (Å²) >= 11 is 7.86. The Hall–Kier alpha value is -1.10. The zero-order chi connectivity index (χ0) is 14.7. The van der Waals surface area contributed by atoms with Gasteiger partial charge in [-0.3, -0.25) is 0 Å². The van der Waals surface area contributed by atoms with E-state index in [4.69, 9.17) is 22.1 Å². The van der Waals surface area contributed by atoms with Gasteiger partial charge in [0.15, 0.2) is 0 Å². The predicted molar refractivity (Wildman–Crippen MR) is 84.6 cm³/mol. The van der Waals surface area contributed by atoms with Crippen molar-refractivity contribution in [3.63, 3.8) is 0 Å². The van der Waals surface area contributed by atoms with Crippen LogP contribution in [-0.2, 0) is 6.61 Å². The number of nitrogens with two attached hydrogens (primary N) is 1. The lowest BCUT2D eigenvalue weighted by Gasteiger charge is -2.10. The molecule has 1 unspecified atom stereocenters. The zero-order valence-electron chi connectivity index (χ0n) is 11.9. The minimum atomic E-state index is -0.0336. The SMILES string of the molecule is CC(C)c1nc(COc2ccc(C(C)N)cc2Cl)cs1. The Labute approximate surface area is 128 Å². The van der Waals surface area contributed by atoms with Crippen LogP contribution in [0, 0.1) is 0 Å². The van der Waals surface area contributed by atoms with Gasteiger partial charge >= 0.3 is 0 Å². The monoisotopic (exact) mass is 310 g/mol. The van der Waals surface area contributed by atoms with Crippen molar-refractivity contribution in [2.24, 2.45) is 5.73 Å². The first-order valence-corrected chi connectivity index (χ1v) is 7.85. The predicted octanol–water partition coefficient (Wildman–Crippen LogP) is 4.52. The summed E-state index contributed by atoms with van der Waals surface area (Å²) in [4.78, 5) is 4.53. The van der Waals surface area contributed by atoms with Gasteiger partial charge in [0.25, 0.3) is 0 Å². The van der Waals surface area contributed by atoms with Crippen molar-refractivity contribution in [2.45, 2.75) is 39.3 Å². The summed E-state index contributed by atoms with van der Waals surface area (Å²) < 4.78 is 5.72. The highest BCUT2D eigenvalue weighted by Gasteiger charge is 2.09. The van der Waals surface area contributed by atoms with E-state index in [1.807, 2.05) is 30.5 Å². The second kappa shape index (κ2) is 6.57. The van der Waals surface area contributed by atoms with Gasteiger partial charge in [0.05, 0.1) is 15.7 Å². The molecule has 0 fully saturated rings. The van der Waals surface area contributed by atoms with E-state index in [9.17, 15) is 0 Å². The van der Waals surface area contributed by atoms with Crippen molar-refractivity contribution in [3.8, 4) is 5.75 Å². The molecule has 2 N–H and O–H groups in total. The molecular weight excluding hydrogens is 292 g/mol. The molecule has 0 amide bonds. The van der Waals surface area contributed by atoms with E-state index < -0.39 is 0 Å². The topological polar surface area (TPSA) is 48.1 Å². The van der Waals surface area contributed by atoms with E-state index in [1.165, 1.54) is 0 Å². The number of halogens is 1. The molecule has 1 atom stereocenters. The van der Waals surface area contributed by atoms with Gasteiger partial charge in [0.2, 0.25) is 0 Å². The Balaban J connectivity index is 2.03. The summed E-state index contributed by atoms with van der Waals surface area (Å²) in [5.74, 6) is 1.11. The van der Waals surface area contributed by atoms with Crippen LogP contribution in [0.3, 0.4) is 0 Å². The molecule has 3 nitrogen and oxygen atoms in total. The van der Waals surface area contributed by atoms with Crippen LogP contribution in [-0.4, -0.2) is 4.98 Å². The molecule has 0 aliphatic rings. The van der Waals surface area contributed by atoms with E-state index in [2.05, 4.69) is 18.8 Å². The molecule has 1 heterocycles. The Morgan fingerprint density at radius 1 is 1.35 bits per heavy atom. The van der Waals surface area contributed by atoms with Gasteiger partial charge in [-0.15, -0.1) is 11.3 Å². The third-order valence-corrected chi connectivity index (χ3v) is 4.41. The highest BCUT2D eigenvalue weighted by molar-refractivity contribution is 7.09. The van der Waals surface area contributed by atoms with Gasteiger partial charge in [0.1, 0.15) is 12.4 Å². The van der Waals surface area contributed by atoms with Gasteiger partial charge < -0.3 is 10.5 Å². The molecule has 2 rings (SSSR count). The summed E-state index contributed by atoms with van der Waals surface area (Å²) in [5, 5.41) is 3.74. The van der Waals surface area contributed by atoms with Crippen LogP contribution in [0.15, 0.2) is 23.6 Å². The second-order valence-corrected chi connectivity index (χ2v) is 6.40. The molecule has 1 aromatic heterocycles.